The molecule has 7 heteroatoms. The fourth-order valence-corrected chi connectivity index (χ4v) is 11.0. The highest BCUT2D eigenvalue weighted by molar-refractivity contribution is 6.99. The van der Waals surface area contributed by atoms with E-state index in [1.165, 1.54) is 10.4 Å². The zero-order valence-electron chi connectivity index (χ0n) is 26.5. The van der Waals surface area contributed by atoms with E-state index in [2.05, 4.69) is 120 Å². The molecule has 1 aliphatic heterocycles. The molecule has 0 amide bonds. The lowest BCUT2D eigenvalue weighted by molar-refractivity contribution is -0.166. The van der Waals surface area contributed by atoms with Crippen LogP contribution in [0.1, 0.15) is 53.4 Å². The molecule has 3 rings (SSSR count). The van der Waals surface area contributed by atoms with E-state index in [4.69, 9.17) is 18.6 Å². The Morgan fingerprint density at radius 1 is 0.902 bits per heavy atom. The van der Waals surface area contributed by atoms with Crippen LogP contribution in [0.4, 0.5) is 0 Å². The van der Waals surface area contributed by atoms with Gasteiger partial charge < -0.3 is 23.7 Å². The van der Waals surface area contributed by atoms with Gasteiger partial charge in [-0.25, -0.2) is 0 Å². The molecule has 0 radical (unpaired) electrons. The normalized spacial score (nSPS) is 22.1. The molecule has 0 saturated carbocycles. The second-order valence-corrected chi connectivity index (χ2v) is 23.4. The summed E-state index contributed by atoms with van der Waals surface area (Å²) in [6.45, 7) is 17.5. The molecule has 2 aromatic carbocycles. The standard InChI is InChI=1S/C34H54O5Si2/c1-8-31(37-27-36-25-26-40(5,6)7)33-22-16-15-21-30(35)32(39-33)23-24-38-41(34(2,3)4,28-17-11-9-12-18-28)29-19-13-10-14-20-29/h9-20,30-33,35H,8,21-27H2,1-7H3/b16-15-/t30-,31+,32-,33+/m0/s1. The smallest absolute Gasteiger partial charge is 0.261 e. The van der Waals surface area contributed by atoms with Crippen molar-refractivity contribution in [2.75, 3.05) is 20.0 Å². The molecule has 1 aliphatic rings. The van der Waals surface area contributed by atoms with Crippen molar-refractivity contribution >= 4 is 26.8 Å². The van der Waals surface area contributed by atoms with Gasteiger partial charge in [-0.1, -0.05) is 120 Å². The minimum atomic E-state index is -2.65. The highest BCUT2D eigenvalue weighted by atomic mass is 28.4. The molecule has 0 spiro atoms. The largest absolute Gasteiger partial charge is 0.407 e. The van der Waals surface area contributed by atoms with Gasteiger partial charge in [-0.3, -0.25) is 0 Å². The molecule has 228 valence electrons. The average Bonchev–Trinajstić information content (AvgIpc) is 2.92. The predicted molar refractivity (Wildman–Crippen MR) is 175 cm³/mol. The topological polar surface area (TPSA) is 57.2 Å². The van der Waals surface area contributed by atoms with Gasteiger partial charge in [0, 0.05) is 21.3 Å². The summed E-state index contributed by atoms with van der Waals surface area (Å²) in [6.07, 6.45) is 5.77. The van der Waals surface area contributed by atoms with Crippen LogP contribution in [0.2, 0.25) is 30.7 Å². The Balaban J connectivity index is 1.73. The first kappa shape index (κ1) is 33.9. The molecule has 1 N–H and O–H groups in total. The molecule has 0 aliphatic carbocycles. The molecule has 0 fully saturated rings. The summed E-state index contributed by atoms with van der Waals surface area (Å²) < 4.78 is 25.8. The van der Waals surface area contributed by atoms with Gasteiger partial charge in [0.05, 0.1) is 24.4 Å². The van der Waals surface area contributed by atoms with Crippen LogP contribution in [-0.4, -0.2) is 65.9 Å². The molecule has 0 bridgehead atoms. The van der Waals surface area contributed by atoms with E-state index in [0.717, 1.165) is 25.5 Å². The molecule has 0 aromatic heterocycles. The van der Waals surface area contributed by atoms with E-state index in [-0.39, 0.29) is 30.1 Å². The van der Waals surface area contributed by atoms with E-state index in [1.54, 1.807) is 0 Å². The Kier molecular flexibility index (Phi) is 13.0. The van der Waals surface area contributed by atoms with Crippen LogP contribution in [-0.2, 0) is 18.6 Å². The zero-order valence-corrected chi connectivity index (χ0v) is 28.5. The molecule has 4 atom stereocenters. The Morgan fingerprint density at radius 2 is 1.49 bits per heavy atom. The van der Waals surface area contributed by atoms with E-state index in [1.807, 2.05) is 0 Å². The Labute approximate surface area is 251 Å². The maximum atomic E-state index is 11.1. The quantitative estimate of drug-likeness (QED) is 0.116. The zero-order chi connectivity index (χ0) is 29.9. The van der Waals surface area contributed by atoms with Crippen molar-refractivity contribution in [3.63, 3.8) is 0 Å². The van der Waals surface area contributed by atoms with Gasteiger partial charge in [-0.05, 0) is 47.1 Å². The lowest BCUT2D eigenvalue weighted by Crippen LogP contribution is -2.66. The third-order valence-electron chi connectivity index (χ3n) is 8.01. The average molecular weight is 599 g/mol. The molecule has 2 aromatic rings. The highest BCUT2D eigenvalue weighted by Crippen LogP contribution is 2.37. The minimum absolute atomic E-state index is 0.0992. The van der Waals surface area contributed by atoms with Gasteiger partial charge >= 0.3 is 0 Å². The van der Waals surface area contributed by atoms with Gasteiger partial charge in [0.2, 0.25) is 0 Å². The van der Waals surface area contributed by atoms with Crippen LogP contribution < -0.4 is 10.4 Å². The lowest BCUT2D eigenvalue weighted by Gasteiger charge is -2.43. The van der Waals surface area contributed by atoms with Crippen molar-refractivity contribution in [3.8, 4) is 0 Å². The summed E-state index contributed by atoms with van der Waals surface area (Å²) in [5, 5.41) is 13.5. The van der Waals surface area contributed by atoms with Crippen LogP contribution in [0.3, 0.4) is 0 Å². The van der Waals surface area contributed by atoms with Crippen molar-refractivity contribution in [2.45, 2.75) is 109 Å². The fourth-order valence-electron chi connectivity index (χ4n) is 5.64. The first-order valence-electron chi connectivity index (χ1n) is 15.4. The summed E-state index contributed by atoms with van der Waals surface area (Å²) in [7, 11) is -3.79. The van der Waals surface area contributed by atoms with Crippen LogP contribution >= 0.6 is 0 Å². The number of hydrogen-bond donors (Lipinski definition) is 1. The Hall–Kier alpha value is -1.59. The maximum absolute atomic E-state index is 11.1. The summed E-state index contributed by atoms with van der Waals surface area (Å²) in [6, 6.07) is 22.5. The first-order chi connectivity index (χ1) is 19.5. The molecule has 41 heavy (non-hydrogen) atoms. The summed E-state index contributed by atoms with van der Waals surface area (Å²) in [4.78, 5) is 0. The van der Waals surface area contributed by atoms with Crippen molar-refractivity contribution < 1.29 is 23.7 Å². The molecule has 0 saturated heterocycles. The number of aliphatic hydroxyl groups excluding tert-OH is 1. The molecule has 0 unspecified atom stereocenters. The first-order valence-corrected chi connectivity index (χ1v) is 21.0. The number of rotatable bonds is 14. The van der Waals surface area contributed by atoms with E-state index in [0.29, 0.717) is 19.4 Å². The van der Waals surface area contributed by atoms with Gasteiger partial charge in [-0.2, -0.15) is 0 Å². The van der Waals surface area contributed by atoms with E-state index in [9.17, 15) is 5.11 Å². The van der Waals surface area contributed by atoms with Crippen LogP contribution in [0.15, 0.2) is 72.8 Å². The third kappa shape index (κ3) is 9.71. The van der Waals surface area contributed by atoms with Gasteiger partial charge in [0.1, 0.15) is 6.79 Å². The summed E-state index contributed by atoms with van der Waals surface area (Å²) in [5.41, 5.74) is 0. The van der Waals surface area contributed by atoms with Crippen molar-refractivity contribution in [2.24, 2.45) is 0 Å². The van der Waals surface area contributed by atoms with E-state index < -0.39 is 22.5 Å². The van der Waals surface area contributed by atoms with Crippen LogP contribution in [0.25, 0.3) is 0 Å². The molecule has 5 nitrogen and oxygen atoms in total. The number of aliphatic hydroxyl groups is 1. The van der Waals surface area contributed by atoms with Gasteiger partial charge in [-0.15, -0.1) is 0 Å². The van der Waals surface area contributed by atoms with Crippen molar-refractivity contribution in [3.05, 3.63) is 72.8 Å². The van der Waals surface area contributed by atoms with Gasteiger partial charge in [0.25, 0.3) is 8.32 Å². The van der Waals surface area contributed by atoms with E-state index >= 15 is 0 Å². The highest BCUT2D eigenvalue weighted by Gasteiger charge is 2.50. The molecule has 1 heterocycles. The summed E-state index contributed by atoms with van der Waals surface area (Å²) in [5.74, 6) is 0. The Morgan fingerprint density at radius 3 is 2.02 bits per heavy atom. The lowest BCUT2D eigenvalue weighted by atomic mass is 10.0. The second-order valence-electron chi connectivity index (χ2n) is 13.5. The minimum Gasteiger partial charge on any atom is -0.407 e. The van der Waals surface area contributed by atoms with Crippen molar-refractivity contribution in [1.29, 1.82) is 0 Å². The number of benzene rings is 2. The van der Waals surface area contributed by atoms with Crippen LogP contribution in [0.5, 0.6) is 0 Å². The fraction of sp³-hybridized carbons (Fsp3) is 0.588. The Bertz CT molecular complexity index is 993. The number of hydrogen-bond acceptors (Lipinski definition) is 5. The number of ether oxygens (including phenoxy) is 3. The maximum Gasteiger partial charge on any atom is 0.261 e. The third-order valence-corrected chi connectivity index (χ3v) is 14.8. The predicted octanol–water partition coefficient (Wildman–Crippen LogP) is 6.53. The SMILES string of the molecule is CC[C@@H](OCOCC[Si](C)(C)C)[C@H]1C/C=C\C[C@H](O)[C@H](CCO[Si](c2ccccc2)(c2ccccc2)C(C)(C)C)O1. The molecular weight excluding hydrogens is 545 g/mol. The monoisotopic (exact) mass is 598 g/mol. The van der Waals surface area contributed by atoms with Crippen LogP contribution in [0, 0.1) is 0 Å². The second kappa shape index (κ2) is 15.8. The summed E-state index contributed by atoms with van der Waals surface area (Å²) >= 11 is 0. The molecular formula is C34H54O5Si2. The van der Waals surface area contributed by atoms with Gasteiger partial charge in [0.15, 0.2) is 0 Å². The van der Waals surface area contributed by atoms with Crippen molar-refractivity contribution in [1.82, 2.24) is 0 Å².